The molecular formula is C11H17N3O2. The largest absolute Gasteiger partial charge is 0.338 e. The van der Waals surface area contributed by atoms with Crippen molar-refractivity contribution >= 4 is 6.29 Å². The fourth-order valence-electron chi connectivity index (χ4n) is 2.04. The molecule has 0 N–H and O–H groups in total. The van der Waals surface area contributed by atoms with Gasteiger partial charge in [-0.25, -0.2) is 0 Å². The van der Waals surface area contributed by atoms with Gasteiger partial charge in [-0.2, -0.15) is 4.98 Å². The van der Waals surface area contributed by atoms with Crippen molar-refractivity contribution in [1.29, 1.82) is 0 Å². The second-order valence-corrected chi connectivity index (χ2v) is 4.23. The number of piperidine rings is 1. The molecule has 1 saturated heterocycles. The lowest BCUT2D eigenvalue weighted by atomic mass is 10.00. The summed E-state index contributed by atoms with van der Waals surface area (Å²) in [7, 11) is 0. The predicted octanol–water partition coefficient (Wildman–Crippen LogP) is 1.04. The van der Waals surface area contributed by atoms with Gasteiger partial charge in [0.15, 0.2) is 5.82 Å². The van der Waals surface area contributed by atoms with Crippen LogP contribution in [0, 0.1) is 5.92 Å². The van der Waals surface area contributed by atoms with Gasteiger partial charge in [0.25, 0.3) is 0 Å². The number of carbonyl (C=O) groups excluding carboxylic acids is 1. The molecule has 16 heavy (non-hydrogen) atoms. The molecule has 1 unspecified atom stereocenters. The molecule has 1 fully saturated rings. The van der Waals surface area contributed by atoms with Gasteiger partial charge in [0.1, 0.15) is 6.29 Å². The van der Waals surface area contributed by atoms with E-state index in [1.165, 1.54) is 0 Å². The highest BCUT2D eigenvalue weighted by molar-refractivity contribution is 5.53. The maximum Gasteiger partial charge on any atom is 0.240 e. The first-order chi connectivity index (χ1) is 7.81. The third-order valence-electron chi connectivity index (χ3n) is 2.92. The van der Waals surface area contributed by atoms with E-state index in [0.29, 0.717) is 12.4 Å². The highest BCUT2D eigenvalue weighted by atomic mass is 16.5. The zero-order valence-electron chi connectivity index (χ0n) is 9.56. The maximum absolute atomic E-state index is 10.7. The van der Waals surface area contributed by atoms with Crippen molar-refractivity contribution in [2.75, 3.05) is 13.1 Å². The minimum Gasteiger partial charge on any atom is -0.338 e. The molecule has 2 rings (SSSR count). The summed E-state index contributed by atoms with van der Waals surface area (Å²) in [4.78, 5) is 17.2. The lowest BCUT2D eigenvalue weighted by molar-refractivity contribution is -0.112. The van der Waals surface area contributed by atoms with Crippen LogP contribution in [0.4, 0.5) is 0 Å². The predicted molar refractivity (Wildman–Crippen MR) is 57.7 cm³/mol. The Morgan fingerprint density at radius 1 is 1.62 bits per heavy atom. The number of aryl methyl sites for hydroxylation is 1. The van der Waals surface area contributed by atoms with Crippen LogP contribution in [0.1, 0.15) is 31.5 Å². The van der Waals surface area contributed by atoms with Crippen molar-refractivity contribution in [3.8, 4) is 0 Å². The molecule has 1 aliphatic rings. The fourth-order valence-corrected chi connectivity index (χ4v) is 2.04. The van der Waals surface area contributed by atoms with Crippen molar-refractivity contribution in [1.82, 2.24) is 15.0 Å². The van der Waals surface area contributed by atoms with Crippen molar-refractivity contribution in [2.45, 2.75) is 32.7 Å². The zero-order chi connectivity index (χ0) is 11.4. The van der Waals surface area contributed by atoms with Gasteiger partial charge in [-0.3, -0.25) is 4.90 Å². The van der Waals surface area contributed by atoms with Gasteiger partial charge in [-0.1, -0.05) is 12.1 Å². The monoisotopic (exact) mass is 223 g/mol. The number of aldehydes is 1. The van der Waals surface area contributed by atoms with E-state index in [-0.39, 0.29) is 5.92 Å². The number of hydrogen-bond acceptors (Lipinski definition) is 5. The Balaban J connectivity index is 1.91. The molecular weight excluding hydrogens is 206 g/mol. The van der Waals surface area contributed by atoms with Crippen LogP contribution in [0.25, 0.3) is 0 Å². The molecule has 0 bridgehead atoms. The van der Waals surface area contributed by atoms with Crippen LogP contribution in [0.3, 0.4) is 0 Å². The smallest absolute Gasteiger partial charge is 0.240 e. The molecule has 1 aliphatic heterocycles. The van der Waals surface area contributed by atoms with Crippen molar-refractivity contribution in [3.63, 3.8) is 0 Å². The van der Waals surface area contributed by atoms with Crippen LogP contribution in [-0.2, 0) is 17.8 Å². The molecule has 0 amide bonds. The highest BCUT2D eigenvalue weighted by Gasteiger charge is 2.20. The van der Waals surface area contributed by atoms with E-state index in [2.05, 4.69) is 15.0 Å². The minimum atomic E-state index is 0.169. The van der Waals surface area contributed by atoms with Crippen LogP contribution in [0.2, 0.25) is 0 Å². The number of nitrogens with zero attached hydrogens (tertiary/aromatic N) is 3. The Bertz CT molecular complexity index is 351. The summed E-state index contributed by atoms with van der Waals surface area (Å²) in [5, 5.41) is 3.86. The molecule has 2 heterocycles. The van der Waals surface area contributed by atoms with Gasteiger partial charge in [-0.15, -0.1) is 0 Å². The van der Waals surface area contributed by atoms with E-state index in [1.54, 1.807) is 0 Å². The third-order valence-corrected chi connectivity index (χ3v) is 2.92. The Kier molecular flexibility index (Phi) is 3.66. The highest BCUT2D eigenvalue weighted by Crippen LogP contribution is 2.16. The van der Waals surface area contributed by atoms with E-state index < -0.39 is 0 Å². The molecule has 88 valence electrons. The normalized spacial score (nSPS) is 22.2. The lowest BCUT2D eigenvalue weighted by Crippen LogP contribution is -2.35. The van der Waals surface area contributed by atoms with Gasteiger partial charge < -0.3 is 9.32 Å². The van der Waals surface area contributed by atoms with Crippen molar-refractivity contribution in [3.05, 3.63) is 11.7 Å². The number of aromatic nitrogens is 2. The van der Waals surface area contributed by atoms with Gasteiger partial charge in [0, 0.05) is 18.9 Å². The van der Waals surface area contributed by atoms with E-state index >= 15 is 0 Å². The number of likely N-dealkylation sites (tertiary alicyclic amines) is 1. The van der Waals surface area contributed by atoms with E-state index in [0.717, 1.165) is 44.5 Å². The quantitative estimate of drug-likeness (QED) is 0.714. The summed E-state index contributed by atoms with van der Waals surface area (Å²) in [6.45, 7) is 4.48. The number of hydrogen-bond donors (Lipinski definition) is 0. The maximum atomic E-state index is 10.7. The van der Waals surface area contributed by atoms with E-state index in [4.69, 9.17) is 4.52 Å². The van der Waals surface area contributed by atoms with Crippen molar-refractivity contribution < 1.29 is 9.32 Å². The molecule has 1 aromatic heterocycles. The Morgan fingerprint density at radius 2 is 2.50 bits per heavy atom. The van der Waals surface area contributed by atoms with E-state index in [9.17, 15) is 4.79 Å². The first-order valence-electron chi connectivity index (χ1n) is 5.81. The minimum absolute atomic E-state index is 0.169. The Labute approximate surface area is 94.8 Å². The summed E-state index contributed by atoms with van der Waals surface area (Å²) < 4.78 is 5.14. The third kappa shape index (κ3) is 2.66. The number of rotatable bonds is 4. The van der Waals surface area contributed by atoms with Gasteiger partial charge >= 0.3 is 0 Å². The molecule has 0 aliphatic carbocycles. The van der Waals surface area contributed by atoms with Crippen LogP contribution in [-0.4, -0.2) is 34.4 Å². The summed E-state index contributed by atoms with van der Waals surface area (Å²) in [5.74, 6) is 1.57. The first-order valence-corrected chi connectivity index (χ1v) is 5.81. The summed E-state index contributed by atoms with van der Waals surface area (Å²) in [5.41, 5.74) is 0. The van der Waals surface area contributed by atoms with Crippen LogP contribution in [0.5, 0.6) is 0 Å². The zero-order valence-corrected chi connectivity index (χ0v) is 9.56. The standard InChI is InChI=1S/C11H17N3O2/c1-2-10-12-11(16-13-10)7-14-5-3-4-9(6-14)8-15/h8-9H,2-7H2,1H3. The van der Waals surface area contributed by atoms with Crippen molar-refractivity contribution in [2.24, 2.45) is 5.92 Å². The second-order valence-electron chi connectivity index (χ2n) is 4.23. The average Bonchev–Trinajstić information content (AvgIpc) is 2.77. The fraction of sp³-hybridized carbons (Fsp3) is 0.727. The summed E-state index contributed by atoms with van der Waals surface area (Å²) in [6.07, 6.45) is 3.92. The Hall–Kier alpha value is -1.23. The summed E-state index contributed by atoms with van der Waals surface area (Å²) in [6, 6.07) is 0. The van der Waals surface area contributed by atoms with Gasteiger partial charge in [0.2, 0.25) is 5.89 Å². The molecule has 0 radical (unpaired) electrons. The van der Waals surface area contributed by atoms with E-state index in [1.807, 2.05) is 6.92 Å². The van der Waals surface area contributed by atoms with Gasteiger partial charge in [-0.05, 0) is 19.4 Å². The molecule has 5 heteroatoms. The average molecular weight is 223 g/mol. The Morgan fingerprint density at radius 3 is 3.19 bits per heavy atom. The summed E-state index contributed by atoms with van der Waals surface area (Å²) >= 11 is 0. The first kappa shape index (κ1) is 11.3. The number of carbonyl (C=O) groups is 1. The molecule has 0 spiro atoms. The van der Waals surface area contributed by atoms with Crippen LogP contribution in [0.15, 0.2) is 4.52 Å². The molecule has 1 atom stereocenters. The second kappa shape index (κ2) is 5.21. The van der Waals surface area contributed by atoms with Gasteiger partial charge in [0.05, 0.1) is 6.54 Å². The molecule has 0 aromatic carbocycles. The molecule has 0 saturated carbocycles. The van der Waals surface area contributed by atoms with Crippen LogP contribution >= 0.6 is 0 Å². The topological polar surface area (TPSA) is 59.2 Å². The molecule has 5 nitrogen and oxygen atoms in total. The lowest BCUT2D eigenvalue weighted by Gasteiger charge is -2.28. The SMILES string of the molecule is CCc1noc(CN2CCCC(C=O)C2)n1. The van der Waals surface area contributed by atoms with Crippen LogP contribution < -0.4 is 0 Å². The molecule has 1 aromatic rings.